The van der Waals surface area contributed by atoms with E-state index in [1.54, 1.807) is 7.11 Å². The molecule has 0 aliphatic rings. The molecule has 18 heavy (non-hydrogen) atoms. The average Bonchev–Trinajstić information content (AvgIpc) is 2.66. The van der Waals surface area contributed by atoms with Crippen molar-refractivity contribution in [3.8, 4) is 0 Å². The zero-order chi connectivity index (χ0) is 13.3. The molecule has 96 valence electrons. The van der Waals surface area contributed by atoms with Gasteiger partial charge in [0.1, 0.15) is 4.83 Å². The molecular weight excluding hydrogens is 248 g/mol. The molecule has 5 nitrogen and oxygen atoms in total. The molecule has 0 aromatic carbocycles. The summed E-state index contributed by atoms with van der Waals surface area (Å²) in [5.41, 5.74) is 9.57. The Labute approximate surface area is 109 Å². The summed E-state index contributed by atoms with van der Waals surface area (Å²) in [6, 6.07) is 1.99. The van der Waals surface area contributed by atoms with Gasteiger partial charge in [0.05, 0.1) is 22.9 Å². The van der Waals surface area contributed by atoms with Crippen molar-refractivity contribution >= 4 is 33.0 Å². The number of hydrogen-bond acceptors (Lipinski definition) is 6. The fourth-order valence-electron chi connectivity index (χ4n) is 1.93. The molecule has 2 heterocycles. The molecular formula is C12H16N4OS. The van der Waals surface area contributed by atoms with E-state index in [0.717, 1.165) is 32.1 Å². The molecule has 2 rings (SSSR count). The molecule has 0 saturated carbocycles. The maximum Gasteiger partial charge on any atom is 0.126 e. The minimum atomic E-state index is 0.513. The van der Waals surface area contributed by atoms with Crippen LogP contribution in [0.15, 0.2) is 11.2 Å². The number of anilines is 1. The molecule has 0 radical (unpaired) electrons. The molecule has 0 saturated heterocycles. The van der Waals surface area contributed by atoms with Gasteiger partial charge in [-0.3, -0.25) is 0 Å². The number of nitrogens with two attached hydrogens (primary N) is 2. The topological polar surface area (TPSA) is 86.5 Å². The third kappa shape index (κ3) is 2.04. The maximum absolute atomic E-state index is 6.18. The van der Waals surface area contributed by atoms with Crippen LogP contribution in [0.25, 0.3) is 10.2 Å². The number of hydrogen-bond donors (Lipinski definition) is 2. The maximum atomic E-state index is 6.18. The number of nitrogens with zero attached hydrogens (tertiary/aromatic N) is 2. The lowest BCUT2D eigenvalue weighted by Crippen LogP contribution is -2.00. The smallest absolute Gasteiger partial charge is 0.126 e. The van der Waals surface area contributed by atoms with E-state index >= 15 is 0 Å². The lowest BCUT2D eigenvalue weighted by Gasteiger charge is -2.04. The molecule has 4 N–H and O–H groups in total. The summed E-state index contributed by atoms with van der Waals surface area (Å²) in [4.78, 5) is 6.28. The Morgan fingerprint density at radius 2 is 2.28 bits per heavy atom. The van der Waals surface area contributed by atoms with Crippen molar-refractivity contribution in [3.05, 3.63) is 22.2 Å². The van der Waals surface area contributed by atoms with E-state index < -0.39 is 0 Å². The van der Waals surface area contributed by atoms with E-state index in [0.29, 0.717) is 12.3 Å². The van der Waals surface area contributed by atoms with Crippen molar-refractivity contribution in [1.29, 1.82) is 0 Å². The number of rotatable bonds is 3. The summed E-state index contributed by atoms with van der Waals surface area (Å²) in [5, 5.41) is 4.65. The summed E-state index contributed by atoms with van der Waals surface area (Å²) in [7, 11) is 1.66. The lowest BCUT2D eigenvalue weighted by atomic mass is 10.1. The Morgan fingerprint density at radius 1 is 1.56 bits per heavy atom. The van der Waals surface area contributed by atoms with E-state index in [2.05, 4.69) is 10.1 Å². The van der Waals surface area contributed by atoms with Crippen LogP contribution < -0.4 is 11.6 Å². The van der Waals surface area contributed by atoms with Gasteiger partial charge in [0.15, 0.2) is 0 Å². The number of thiophene rings is 1. The normalized spacial score (nSPS) is 12.3. The fraction of sp³-hybridized carbons (Fsp3) is 0.333. The van der Waals surface area contributed by atoms with Crippen LogP contribution in [-0.2, 0) is 11.3 Å². The SMILES string of the molecule is COCc1cc(C)nc2sc(/C(C)=N/N)c(N)c12. The first-order chi connectivity index (χ1) is 8.58. The third-order valence-corrected chi connectivity index (χ3v) is 3.94. The van der Waals surface area contributed by atoms with Gasteiger partial charge in [-0.05, 0) is 25.5 Å². The van der Waals surface area contributed by atoms with E-state index in [9.17, 15) is 0 Å². The number of ether oxygens (including phenoxy) is 1. The van der Waals surface area contributed by atoms with Crippen LogP contribution in [-0.4, -0.2) is 17.8 Å². The van der Waals surface area contributed by atoms with Gasteiger partial charge in [0, 0.05) is 18.2 Å². The van der Waals surface area contributed by atoms with E-state index in [1.807, 2.05) is 19.9 Å². The van der Waals surface area contributed by atoms with Gasteiger partial charge in [0.25, 0.3) is 0 Å². The van der Waals surface area contributed by atoms with Crippen molar-refractivity contribution in [1.82, 2.24) is 4.98 Å². The minimum absolute atomic E-state index is 0.513. The predicted octanol–water partition coefficient (Wildman–Crippen LogP) is 2.02. The molecule has 2 aromatic heterocycles. The molecule has 6 heteroatoms. The number of pyridine rings is 1. The highest BCUT2D eigenvalue weighted by molar-refractivity contribution is 7.21. The van der Waals surface area contributed by atoms with Gasteiger partial charge < -0.3 is 16.3 Å². The zero-order valence-electron chi connectivity index (χ0n) is 10.7. The van der Waals surface area contributed by atoms with E-state index in [-0.39, 0.29) is 0 Å². The highest BCUT2D eigenvalue weighted by Crippen LogP contribution is 2.35. The molecule has 0 spiro atoms. The van der Waals surface area contributed by atoms with Crippen molar-refractivity contribution in [2.75, 3.05) is 12.8 Å². The van der Waals surface area contributed by atoms with Crippen molar-refractivity contribution < 1.29 is 4.74 Å². The van der Waals surface area contributed by atoms with E-state index in [4.69, 9.17) is 16.3 Å². The summed E-state index contributed by atoms with van der Waals surface area (Å²) in [6.45, 7) is 4.31. The van der Waals surface area contributed by atoms with E-state index in [1.165, 1.54) is 11.3 Å². The zero-order valence-corrected chi connectivity index (χ0v) is 11.5. The van der Waals surface area contributed by atoms with Crippen molar-refractivity contribution in [2.45, 2.75) is 20.5 Å². The summed E-state index contributed by atoms with van der Waals surface area (Å²) >= 11 is 1.51. The van der Waals surface area contributed by atoms with Crippen molar-refractivity contribution in [3.63, 3.8) is 0 Å². The molecule has 0 amide bonds. The van der Waals surface area contributed by atoms with Gasteiger partial charge in [-0.25, -0.2) is 4.98 Å². The van der Waals surface area contributed by atoms with Crippen molar-refractivity contribution in [2.24, 2.45) is 10.9 Å². The number of fused-ring (bicyclic) bond motifs is 1. The van der Waals surface area contributed by atoms with Crippen LogP contribution in [0, 0.1) is 6.92 Å². The highest BCUT2D eigenvalue weighted by atomic mass is 32.1. The summed E-state index contributed by atoms with van der Waals surface area (Å²) < 4.78 is 5.21. The molecule has 0 bridgehead atoms. The second kappa shape index (κ2) is 4.91. The largest absolute Gasteiger partial charge is 0.397 e. The van der Waals surface area contributed by atoms with Crippen LogP contribution in [0.1, 0.15) is 23.1 Å². The van der Waals surface area contributed by atoms with Gasteiger partial charge in [0.2, 0.25) is 0 Å². The predicted molar refractivity (Wildman–Crippen MR) is 75.9 cm³/mol. The second-order valence-corrected chi connectivity index (χ2v) is 5.09. The number of aromatic nitrogens is 1. The monoisotopic (exact) mass is 264 g/mol. The molecule has 0 aliphatic heterocycles. The minimum Gasteiger partial charge on any atom is -0.397 e. The van der Waals surface area contributed by atoms with Crippen LogP contribution in [0.3, 0.4) is 0 Å². The van der Waals surface area contributed by atoms with Gasteiger partial charge >= 0.3 is 0 Å². The first-order valence-electron chi connectivity index (χ1n) is 5.50. The summed E-state index contributed by atoms with van der Waals surface area (Å²) in [6.07, 6.45) is 0. The molecule has 0 unspecified atom stereocenters. The Hall–Kier alpha value is -1.66. The highest BCUT2D eigenvalue weighted by Gasteiger charge is 2.16. The summed E-state index contributed by atoms with van der Waals surface area (Å²) in [5.74, 6) is 5.32. The first kappa shape index (κ1) is 12.8. The number of methoxy groups -OCH3 is 1. The third-order valence-electron chi connectivity index (χ3n) is 2.73. The molecule has 0 fully saturated rings. The Bertz CT molecular complexity index is 618. The van der Waals surface area contributed by atoms with Crippen LogP contribution >= 0.6 is 11.3 Å². The standard InChI is InChI=1S/C12H16N4OS/c1-6-4-8(5-17-3)9-10(13)11(7(2)16-14)18-12(9)15-6/h4H,5,13-14H2,1-3H3/b16-7+. The fourth-order valence-corrected chi connectivity index (χ4v) is 3.07. The second-order valence-electron chi connectivity index (χ2n) is 4.10. The van der Waals surface area contributed by atoms with Crippen LogP contribution in [0.2, 0.25) is 0 Å². The Kier molecular flexibility index (Phi) is 3.49. The molecule has 0 aliphatic carbocycles. The Balaban J connectivity index is 2.75. The quantitative estimate of drug-likeness (QED) is 0.504. The number of nitrogen functional groups attached to an aromatic ring is 1. The van der Waals surface area contributed by atoms with Gasteiger partial charge in [-0.15, -0.1) is 11.3 Å². The number of hydrazone groups is 1. The Morgan fingerprint density at radius 3 is 2.89 bits per heavy atom. The lowest BCUT2D eigenvalue weighted by molar-refractivity contribution is 0.186. The average molecular weight is 264 g/mol. The molecule has 2 aromatic rings. The van der Waals surface area contributed by atoms with Gasteiger partial charge in [-0.1, -0.05) is 0 Å². The van der Waals surface area contributed by atoms with Crippen LogP contribution in [0.5, 0.6) is 0 Å². The first-order valence-corrected chi connectivity index (χ1v) is 6.32. The van der Waals surface area contributed by atoms with Gasteiger partial charge in [-0.2, -0.15) is 5.10 Å². The molecule has 0 atom stereocenters. The van der Waals surface area contributed by atoms with Crippen LogP contribution in [0.4, 0.5) is 5.69 Å². The number of aryl methyl sites for hydroxylation is 1.